The Labute approximate surface area is 210 Å². The van der Waals surface area contributed by atoms with E-state index >= 15 is 0 Å². The molecule has 35 heavy (non-hydrogen) atoms. The number of hydrogen-bond acceptors (Lipinski definition) is 5. The zero-order chi connectivity index (χ0) is 24.8. The lowest BCUT2D eigenvalue weighted by atomic mass is 9.92. The molecule has 186 valence electrons. The van der Waals surface area contributed by atoms with E-state index in [-0.39, 0.29) is 24.9 Å². The van der Waals surface area contributed by atoms with E-state index in [1.54, 1.807) is 11.8 Å². The normalized spacial score (nSPS) is 16.7. The molecule has 2 aliphatic carbocycles. The SMILES string of the molecule is CSCCC(NC(=O)OCC1c2ccccc2-c2ccccc21)C(=O)NC1(CC(=O)O)CCCC1. The number of rotatable bonds is 10. The zero-order valence-electron chi connectivity index (χ0n) is 19.9. The average Bonchev–Trinajstić information content (AvgIpc) is 3.42. The summed E-state index contributed by atoms with van der Waals surface area (Å²) in [6.07, 6.45) is 4.62. The first kappa shape index (κ1) is 25.1. The van der Waals surface area contributed by atoms with Gasteiger partial charge in [0.25, 0.3) is 0 Å². The van der Waals surface area contributed by atoms with Crippen molar-refractivity contribution in [1.82, 2.24) is 10.6 Å². The largest absolute Gasteiger partial charge is 0.481 e. The molecule has 8 heteroatoms. The lowest BCUT2D eigenvalue weighted by Gasteiger charge is -2.31. The van der Waals surface area contributed by atoms with E-state index in [0.717, 1.165) is 35.1 Å². The van der Waals surface area contributed by atoms with E-state index in [9.17, 15) is 19.5 Å². The van der Waals surface area contributed by atoms with Crippen molar-refractivity contribution in [2.24, 2.45) is 0 Å². The molecule has 2 aromatic carbocycles. The van der Waals surface area contributed by atoms with Crippen LogP contribution in [0.4, 0.5) is 4.79 Å². The Morgan fingerprint density at radius 3 is 2.23 bits per heavy atom. The lowest BCUT2D eigenvalue weighted by Crippen LogP contribution is -2.55. The molecule has 0 aliphatic heterocycles. The Hall–Kier alpha value is -3.00. The van der Waals surface area contributed by atoms with Crippen molar-refractivity contribution in [3.63, 3.8) is 0 Å². The second-order valence-corrected chi connectivity index (χ2v) is 10.3. The van der Waals surface area contributed by atoms with E-state index < -0.39 is 23.6 Å². The number of carbonyl (C=O) groups excluding carboxylic acids is 2. The predicted octanol–water partition coefficient (Wildman–Crippen LogP) is 4.55. The van der Waals surface area contributed by atoms with Crippen molar-refractivity contribution < 1.29 is 24.2 Å². The molecule has 1 saturated carbocycles. The number of carboxylic acid groups (broad SMARTS) is 1. The van der Waals surface area contributed by atoms with Gasteiger partial charge in [0.05, 0.1) is 12.0 Å². The van der Waals surface area contributed by atoms with Crippen LogP contribution >= 0.6 is 11.8 Å². The summed E-state index contributed by atoms with van der Waals surface area (Å²) in [6, 6.07) is 15.4. The average molecular weight is 497 g/mol. The molecule has 4 rings (SSSR count). The maximum Gasteiger partial charge on any atom is 0.407 e. The van der Waals surface area contributed by atoms with E-state index in [4.69, 9.17) is 4.74 Å². The number of benzene rings is 2. The molecule has 0 saturated heterocycles. The van der Waals surface area contributed by atoms with Crippen molar-refractivity contribution >= 4 is 29.7 Å². The topological polar surface area (TPSA) is 105 Å². The number of alkyl carbamates (subject to hydrolysis) is 1. The molecule has 2 amide bonds. The van der Waals surface area contributed by atoms with Crippen LogP contribution in [0.3, 0.4) is 0 Å². The molecule has 1 fully saturated rings. The van der Waals surface area contributed by atoms with E-state index in [2.05, 4.69) is 34.9 Å². The van der Waals surface area contributed by atoms with Crippen molar-refractivity contribution in [1.29, 1.82) is 0 Å². The van der Waals surface area contributed by atoms with Gasteiger partial charge in [0.15, 0.2) is 0 Å². The van der Waals surface area contributed by atoms with Gasteiger partial charge in [0, 0.05) is 5.92 Å². The van der Waals surface area contributed by atoms with Crippen LogP contribution in [0.25, 0.3) is 11.1 Å². The molecule has 2 aliphatic rings. The Morgan fingerprint density at radius 1 is 1.06 bits per heavy atom. The predicted molar refractivity (Wildman–Crippen MR) is 137 cm³/mol. The number of nitrogens with one attached hydrogen (secondary N) is 2. The van der Waals surface area contributed by atoms with Crippen LogP contribution in [0.1, 0.15) is 55.6 Å². The number of aliphatic carboxylic acids is 1. The molecule has 0 spiro atoms. The van der Waals surface area contributed by atoms with Gasteiger partial charge in [-0.1, -0.05) is 61.4 Å². The first-order valence-electron chi connectivity index (χ1n) is 12.1. The summed E-state index contributed by atoms with van der Waals surface area (Å²) in [6.45, 7) is 0.166. The summed E-state index contributed by atoms with van der Waals surface area (Å²) in [7, 11) is 0. The first-order chi connectivity index (χ1) is 16.9. The maximum atomic E-state index is 13.1. The molecular formula is C27H32N2O5S. The summed E-state index contributed by atoms with van der Waals surface area (Å²) in [4.78, 5) is 37.3. The number of hydrogen-bond donors (Lipinski definition) is 3. The minimum atomic E-state index is -0.933. The van der Waals surface area contributed by atoms with Gasteiger partial charge >= 0.3 is 12.1 Å². The van der Waals surface area contributed by atoms with Gasteiger partial charge in [-0.3, -0.25) is 9.59 Å². The van der Waals surface area contributed by atoms with Gasteiger partial charge in [-0.15, -0.1) is 0 Å². The summed E-state index contributed by atoms with van der Waals surface area (Å²) in [5, 5.41) is 15.0. The molecule has 0 aromatic heterocycles. The number of thioether (sulfide) groups is 1. The third kappa shape index (κ3) is 5.81. The van der Waals surface area contributed by atoms with Crippen LogP contribution in [-0.2, 0) is 14.3 Å². The van der Waals surface area contributed by atoms with Gasteiger partial charge < -0.3 is 20.5 Å². The van der Waals surface area contributed by atoms with Crippen LogP contribution in [0.15, 0.2) is 48.5 Å². The molecule has 0 bridgehead atoms. The Kier molecular flexibility index (Phi) is 8.00. The van der Waals surface area contributed by atoms with Gasteiger partial charge in [0.2, 0.25) is 5.91 Å². The Bertz CT molecular complexity index is 1040. The minimum absolute atomic E-state index is 0.0658. The zero-order valence-corrected chi connectivity index (χ0v) is 20.7. The highest BCUT2D eigenvalue weighted by molar-refractivity contribution is 7.98. The van der Waals surface area contributed by atoms with Gasteiger partial charge in [-0.05, 0) is 53.5 Å². The van der Waals surface area contributed by atoms with Crippen molar-refractivity contribution in [3.8, 4) is 11.1 Å². The number of fused-ring (bicyclic) bond motifs is 3. The summed E-state index contributed by atoms with van der Waals surface area (Å²) in [5.74, 6) is -0.676. The Morgan fingerprint density at radius 2 is 1.66 bits per heavy atom. The summed E-state index contributed by atoms with van der Waals surface area (Å²) < 4.78 is 5.63. The standard InChI is InChI=1S/C27H32N2O5S/c1-35-15-12-23(25(32)29-27(16-24(30)31)13-6-7-14-27)28-26(33)34-17-22-20-10-4-2-8-18(20)19-9-3-5-11-21(19)22/h2-5,8-11,22-23H,6-7,12-17H2,1H3,(H,28,33)(H,29,32)(H,30,31). The third-order valence-corrected chi connectivity index (χ3v) is 7.65. The van der Waals surface area contributed by atoms with Gasteiger partial charge in [-0.25, -0.2) is 4.79 Å². The van der Waals surface area contributed by atoms with Crippen LogP contribution in [0, 0.1) is 0 Å². The highest BCUT2D eigenvalue weighted by Crippen LogP contribution is 2.44. The van der Waals surface area contributed by atoms with Crippen LogP contribution in [-0.4, -0.2) is 53.3 Å². The minimum Gasteiger partial charge on any atom is -0.481 e. The quantitative estimate of drug-likeness (QED) is 0.446. The second kappa shape index (κ2) is 11.2. The molecule has 1 atom stereocenters. The van der Waals surface area contributed by atoms with Crippen LogP contribution < -0.4 is 10.6 Å². The number of ether oxygens (including phenoxy) is 1. The van der Waals surface area contributed by atoms with Crippen LogP contribution in [0.2, 0.25) is 0 Å². The smallest absolute Gasteiger partial charge is 0.407 e. The second-order valence-electron chi connectivity index (χ2n) is 9.35. The van der Waals surface area contributed by atoms with E-state index in [0.29, 0.717) is 25.0 Å². The molecular weight excluding hydrogens is 464 g/mol. The number of carbonyl (C=O) groups is 3. The fourth-order valence-corrected chi connectivity index (χ4v) is 5.79. The molecule has 1 unspecified atom stereocenters. The highest BCUT2D eigenvalue weighted by atomic mass is 32.2. The molecule has 2 aromatic rings. The fourth-order valence-electron chi connectivity index (χ4n) is 5.32. The maximum absolute atomic E-state index is 13.1. The number of amides is 2. The summed E-state index contributed by atoms with van der Waals surface area (Å²) in [5.41, 5.74) is 3.79. The monoisotopic (exact) mass is 496 g/mol. The number of carboxylic acids is 1. The lowest BCUT2D eigenvalue weighted by molar-refractivity contribution is -0.139. The third-order valence-electron chi connectivity index (χ3n) is 7.00. The molecule has 7 nitrogen and oxygen atoms in total. The molecule has 0 radical (unpaired) electrons. The van der Waals surface area contributed by atoms with Crippen molar-refractivity contribution in [3.05, 3.63) is 59.7 Å². The van der Waals surface area contributed by atoms with Crippen molar-refractivity contribution in [2.75, 3.05) is 18.6 Å². The van der Waals surface area contributed by atoms with E-state index in [1.165, 1.54) is 0 Å². The van der Waals surface area contributed by atoms with Crippen LogP contribution in [0.5, 0.6) is 0 Å². The molecule has 0 heterocycles. The first-order valence-corrected chi connectivity index (χ1v) is 13.5. The molecule has 3 N–H and O–H groups in total. The van der Waals surface area contributed by atoms with E-state index in [1.807, 2.05) is 30.5 Å². The van der Waals surface area contributed by atoms with Gasteiger partial charge in [-0.2, -0.15) is 11.8 Å². The van der Waals surface area contributed by atoms with Crippen molar-refractivity contribution in [2.45, 2.75) is 56.0 Å². The fraction of sp³-hybridized carbons (Fsp3) is 0.444. The highest BCUT2D eigenvalue weighted by Gasteiger charge is 2.39. The van der Waals surface area contributed by atoms with Gasteiger partial charge in [0.1, 0.15) is 12.6 Å². The summed E-state index contributed by atoms with van der Waals surface area (Å²) >= 11 is 1.58. The Balaban J connectivity index is 1.41.